The lowest BCUT2D eigenvalue weighted by atomic mass is 10.0. The molecular formula is C13H13ClFNO3S. The quantitative estimate of drug-likeness (QED) is 0.841. The van der Waals surface area contributed by atoms with Crippen molar-refractivity contribution in [2.24, 2.45) is 0 Å². The molecule has 2 fully saturated rings. The monoisotopic (exact) mass is 317 g/mol. The van der Waals surface area contributed by atoms with E-state index in [1.54, 1.807) is 0 Å². The molecule has 0 aromatic heterocycles. The molecule has 0 N–H and O–H groups in total. The Morgan fingerprint density at radius 2 is 1.80 bits per heavy atom. The van der Waals surface area contributed by atoms with Gasteiger partial charge in [-0.15, -0.1) is 0 Å². The maximum atomic E-state index is 13.1. The zero-order valence-corrected chi connectivity index (χ0v) is 12.1. The molecule has 0 spiro atoms. The molecular weight excluding hydrogens is 305 g/mol. The van der Waals surface area contributed by atoms with Gasteiger partial charge in [0, 0.05) is 24.9 Å². The fourth-order valence-corrected chi connectivity index (χ4v) is 5.50. The van der Waals surface area contributed by atoms with E-state index in [0.717, 1.165) is 12.1 Å². The van der Waals surface area contributed by atoms with E-state index in [-0.39, 0.29) is 40.6 Å². The molecule has 0 aliphatic carbocycles. The summed E-state index contributed by atoms with van der Waals surface area (Å²) in [5, 5.41) is -0.124. The van der Waals surface area contributed by atoms with E-state index in [4.69, 9.17) is 11.6 Å². The first kappa shape index (κ1) is 14.0. The molecule has 7 heteroatoms. The van der Waals surface area contributed by atoms with Gasteiger partial charge in [-0.05, 0) is 31.0 Å². The minimum absolute atomic E-state index is 0.0909. The van der Waals surface area contributed by atoms with Gasteiger partial charge in [0.2, 0.25) is 10.0 Å². The number of ketones is 1. The fourth-order valence-electron chi connectivity index (χ4n) is 3.12. The molecule has 108 valence electrons. The van der Waals surface area contributed by atoms with Crippen LogP contribution in [0.2, 0.25) is 5.02 Å². The third kappa shape index (κ3) is 2.16. The number of sulfonamides is 1. The number of hydrogen-bond acceptors (Lipinski definition) is 3. The van der Waals surface area contributed by atoms with Crippen LogP contribution in [-0.4, -0.2) is 30.6 Å². The van der Waals surface area contributed by atoms with Crippen molar-refractivity contribution in [1.82, 2.24) is 4.31 Å². The molecule has 0 saturated carbocycles. The van der Waals surface area contributed by atoms with Gasteiger partial charge in [0.15, 0.2) is 0 Å². The SMILES string of the molecule is O=C1CC2CCC(C1)N2S(=O)(=O)c1ccc(F)cc1Cl. The molecule has 2 saturated heterocycles. The summed E-state index contributed by atoms with van der Waals surface area (Å²) in [6.45, 7) is 0. The molecule has 2 atom stereocenters. The minimum Gasteiger partial charge on any atom is -0.300 e. The van der Waals surface area contributed by atoms with Crippen LogP contribution >= 0.6 is 11.6 Å². The summed E-state index contributed by atoms with van der Waals surface area (Å²) < 4.78 is 39.8. The van der Waals surface area contributed by atoms with E-state index < -0.39 is 15.8 Å². The number of carbonyl (C=O) groups is 1. The Balaban J connectivity index is 2.03. The van der Waals surface area contributed by atoms with Gasteiger partial charge in [0.1, 0.15) is 16.5 Å². The highest BCUT2D eigenvalue weighted by Crippen LogP contribution is 2.39. The van der Waals surface area contributed by atoms with E-state index in [9.17, 15) is 17.6 Å². The summed E-state index contributed by atoms with van der Waals surface area (Å²) in [7, 11) is -3.79. The highest BCUT2D eigenvalue weighted by atomic mass is 35.5. The van der Waals surface area contributed by atoms with Gasteiger partial charge in [0.05, 0.1) is 5.02 Å². The van der Waals surface area contributed by atoms with Crippen LogP contribution in [-0.2, 0) is 14.8 Å². The minimum atomic E-state index is -3.79. The maximum absolute atomic E-state index is 13.1. The first-order valence-corrected chi connectivity index (χ1v) is 8.21. The van der Waals surface area contributed by atoms with Crippen molar-refractivity contribution in [1.29, 1.82) is 0 Å². The lowest BCUT2D eigenvalue weighted by Gasteiger charge is -2.33. The number of fused-ring (bicyclic) bond motifs is 2. The first-order valence-electron chi connectivity index (χ1n) is 6.40. The lowest BCUT2D eigenvalue weighted by Crippen LogP contribution is -2.46. The number of piperidine rings is 1. The molecule has 2 aliphatic heterocycles. The summed E-state index contributed by atoms with van der Waals surface area (Å²) in [6, 6.07) is 2.68. The number of hydrogen-bond donors (Lipinski definition) is 0. The second-order valence-electron chi connectivity index (χ2n) is 5.24. The summed E-state index contributed by atoms with van der Waals surface area (Å²) in [5.74, 6) is -0.472. The van der Waals surface area contributed by atoms with Crippen molar-refractivity contribution in [3.8, 4) is 0 Å². The van der Waals surface area contributed by atoms with Crippen LogP contribution in [0.4, 0.5) is 4.39 Å². The Morgan fingerprint density at radius 3 is 2.35 bits per heavy atom. The Morgan fingerprint density at radius 1 is 1.20 bits per heavy atom. The van der Waals surface area contributed by atoms with Crippen LogP contribution in [0.3, 0.4) is 0 Å². The predicted molar refractivity (Wildman–Crippen MR) is 71.5 cm³/mol. The van der Waals surface area contributed by atoms with Crippen molar-refractivity contribution in [3.05, 3.63) is 29.0 Å². The standard InChI is InChI=1S/C13H13ClFNO3S/c14-12-5-8(15)1-4-13(12)20(18,19)16-9-2-3-10(16)7-11(17)6-9/h1,4-5,9-10H,2-3,6-7H2. The number of rotatable bonds is 2. The molecule has 1 aromatic carbocycles. The summed E-state index contributed by atoms with van der Waals surface area (Å²) >= 11 is 5.86. The van der Waals surface area contributed by atoms with Crippen LogP contribution in [0, 0.1) is 5.82 Å². The molecule has 0 amide bonds. The second-order valence-corrected chi connectivity index (χ2v) is 7.46. The average molecular weight is 318 g/mol. The molecule has 2 heterocycles. The Hall–Kier alpha value is -0.980. The van der Waals surface area contributed by atoms with E-state index >= 15 is 0 Å². The van der Waals surface area contributed by atoms with E-state index in [0.29, 0.717) is 12.8 Å². The number of benzene rings is 1. The average Bonchev–Trinajstić information content (AvgIpc) is 2.62. The van der Waals surface area contributed by atoms with Crippen LogP contribution in [0.5, 0.6) is 0 Å². The largest absolute Gasteiger partial charge is 0.300 e. The van der Waals surface area contributed by atoms with Crippen molar-refractivity contribution in [2.75, 3.05) is 0 Å². The third-order valence-electron chi connectivity index (χ3n) is 3.93. The smallest absolute Gasteiger partial charge is 0.245 e. The summed E-state index contributed by atoms with van der Waals surface area (Å²) in [6.07, 6.45) is 1.89. The zero-order chi connectivity index (χ0) is 14.5. The van der Waals surface area contributed by atoms with Crippen molar-refractivity contribution in [2.45, 2.75) is 42.7 Å². The molecule has 2 unspecified atom stereocenters. The predicted octanol–water partition coefficient (Wildman–Crippen LogP) is 2.36. The summed E-state index contributed by atoms with van der Waals surface area (Å²) in [4.78, 5) is 11.5. The van der Waals surface area contributed by atoms with Crippen molar-refractivity contribution >= 4 is 27.4 Å². The Kier molecular flexibility index (Phi) is 3.35. The van der Waals surface area contributed by atoms with Crippen LogP contribution in [0.1, 0.15) is 25.7 Å². The number of Topliss-reactive ketones (excluding diaryl/α,β-unsaturated/α-hetero) is 1. The fraction of sp³-hybridized carbons (Fsp3) is 0.462. The number of halogens is 2. The zero-order valence-electron chi connectivity index (χ0n) is 10.6. The molecule has 20 heavy (non-hydrogen) atoms. The molecule has 4 nitrogen and oxygen atoms in total. The number of carbonyl (C=O) groups excluding carboxylic acids is 1. The second kappa shape index (κ2) is 4.79. The van der Waals surface area contributed by atoms with Gasteiger partial charge in [-0.1, -0.05) is 11.6 Å². The van der Waals surface area contributed by atoms with Crippen molar-refractivity contribution in [3.63, 3.8) is 0 Å². The van der Waals surface area contributed by atoms with Crippen LogP contribution < -0.4 is 0 Å². The Labute approximate surface area is 121 Å². The van der Waals surface area contributed by atoms with Crippen molar-refractivity contribution < 1.29 is 17.6 Å². The number of nitrogens with zero attached hydrogens (tertiary/aromatic N) is 1. The van der Waals surface area contributed by atoms with Gasteiger partial charge in [-0.3, -0.25) is 4.79 Å². The van der Waals surface area contributed by atoms with E-state index in [2.05, 4.69) is 0 Å². The maximum Gasteiger partial charge on any atom is 0.245 e. The topological polar surface area (TPSA) is 54.5 Å². The van der Waals surface area contributed by atoms with Gasteiger partial charge in [-0.25, -0.2) is 12.8 Å². The molecule has 0 radical (unpaired) electrons. The normalized spacial score (nSPS) is 27.0. The lowest BCUT2D eigenvalue weighted by molar-refractivity contribution is -0.122. The third-order valence-corrected chi connectivity index (χ3v) is 6.42. The van der Waals surface area contributed by atoms with Gasteiger partial charge >= 0.3 is 0 Å². The molecule has 3 rings (SSSR count). The molecule has 2 aliphatic rings. The highest BCUT2D eigenvalue weighted by Gasteiger charge is 2.47. The summed E-state index contributed by atoms with van der Waals surface area (Å²) in [5.41, 5.74) is 0. The van der Waals surface area contributed by atoms with Gasteiger partial charge in [0.25, 0.3) is 0 Å². The van der Waals surface area contributed by atoms with Gasteiger partial charge < -0.3 is 0 Å². The van der Waals surface area contributed by atoms with Crippen LogP contribution in [0.15, 0.2) is 23.1 Å². The Bertz CT molecular complexity index is 660. The van der Waals surface area contributed by atoms with Crippen LogP contribution in [0.25, 0.3) is 0 Å². The highest BCUT2D eigenvalue weighted by molar-refractivity contribution is 7.89. The molecule has 1 aromatic rings. The first-order chi connectivity index (χ1) is 9.39. The van der Waals surface area contributed by atoms with E-state index in [1.165, 1.54) is 10.4 Å². The van der Waals surface area contributed by atoms with E-state index in [1.807, 2.05) is 0 Å². The molecule has 2 bridgehead atoms. The van der Waals surface area contributed by atoms with Gasteiger partial charge in [-0.2, -0.15) is 4.31 Å².